The Bertz CT molecular complexity index is 577. The number of hydrogen-bond donors (Lipinski definition) is 2. The number of rotatable bonds is 5. The van der Waals surface area contributed by atoms with Crippen molar-refractivity contribution in [2.24, 2.45) is 5.92 Å². The predicted octanol–water partition coefficient (Wildman–Crippen LogP) is 3.20. The van der Waals surface area contributed by atoms with Gasteiger partial charge in [-0.15, -0.1) is 0 Å². The van der Waals surface area contributed by atoms with Crippen molar-refractivity contribution in [2.75, 3.05) is 11.1 Å². The highest BCUT2D eigenvalue weighted by Crippen LogP contribution is 2.34. The molecule has 1 heterocycles. The first-order valence-corrected chi connectivity index (χ1v) is 7.01. The fourth-order valence-corrected chi connectivity index (χ4v) is 2.35. The highest BCUT2D eigenvalue weighted by molar-refractivity contribution is 5.88. The number of aromatic nitrogens is 2. The molecule has 1 aliphatic rings. The van der Waals surface area contributed by atoms with E-state index in [-0.39, 0.29) is 0 Å². The van der Waals surface area contributed by atoms with Crippen molar-refractivity contribution >= 4 is 22.7 Å². The Labute approximate surface area is 113 Å². The monoisotopic (exact) mass is 256 g/mol. The molecular weight excluding hydrogens is 236 g/mol. The van der Waals surface area contributed by atoms with E-state index < -0.39 is 0 Å². The quantitative estimate of drug-likeness (QED) is 0.862. The molecular formula is C15H20N4. The van der Waals surface area contributed by atoms with Gasteiger partial charge in [-0.25, -0.2) is 4.98 Å². The lowest BCUT2D eigenvalue weighted by Crippen LogP contribution is -2.17. The van der Waals surface area contributed by atoms with Crippen LogP contribution in [-0.2, 0) is 0 Å². The van der Waals surface area contributed by atoms with Gasteiger partial charge in [-0.3, -0.25) is 0 Å². The van der Waals surface area contributed by atoms with Crippen LogP contribution in [0.4, 0.5) is 11.8 Å². The lowest BCUT2D eigenvalue weighted by atomic mass is 10.1. The van der Waals surface area contributed by atoms with E-state index in [1.165, 1.54) is 25.7 Å². The first-order valence-electron chi connectivity index (χ1n) is 7.01. The number of nitrogens with zero attached hydrogens (tertiary/aromatic N) is 2. The van der Waals surface area contributed by atoms with Crippen LogP contribution in [0.3, 0.4) is 0 Å². The van der Waals surface area contributed by atoms with Gasteiger partial charge in [0.1, 0.15) is 5.82 Å². The molecule has 0 aliphatic heterocycles. The second-order valence-corrected chi connectivity index (χ2v) is 5.52. The average Bonchev–Trinajstić information content (AvgIpc) is 3.20. The Morgan fingerprint density at radius 3 is 2.89 bits per heavy atom. The Morgan fingerprint density at radius 2 is 2.11 bits per heavy atom. The van der Waals surface area contributed by atoms with E-state index in [2.05, 4.69) is 22.2 Å². The molecule has 19 heavy (non-hydrogen) atoms. The van der Waals surface area contributed by atoms with E-state index in [0.717, 1.165) is 16.8 Å². The summed E-state index contributed by atoms with van der Waals surface area (Å²) in [5, 5.41) is 4.27. The molecule has 4 heteroatoms. The maximum absolute atomic E-state index is 5.97. The van der Waals surface area contributed by atoms with Crippen LogP contribution in [0.15, 0.2) is 24.3 Å². The van der Waals surface area contributed by atoms with Crippen molar-refractivity contribution in [3.8, 4) is 0 Å². The van der Waals surface area contributed by atoms with Crippen molar-refractivity contribution in [3.63, 3.8) is 0 Å². The molecule has 1 saturated carbocycles. The maximum atomic E-state index is 5.97. The van der Waals surface area contributed by atoms with Gasteiger partial charge in [-0.2, -0.15) is 4.98 Å². The van der Waals surface area contributed by atoms with Crippen LogP contribution >= 0.6 is 0 Å². The van der Waals surface area contributed by atoms with E-state index in [9.17, 15) is 0 Å². The number of nitrogen functional groups attached to an aromatic ring is 1. The molecule has 0 amide bonds. The summed E-state index contributed by atoms with van der Waals surface area (Å²) in [5.41, 5.74) is 6.87. The maximum Gasteiger partial charge on any atom is 0.225 e. The largest absolute Gasteiger partial charge is 0.383 e. The summed E-state index contributed by atoms with van der Waals surface area (Å²) in [6, 6.07) is 8.22. The average molecular weight is 256 g/mol. The number of hydrogen-bond acceptors (Lipinski definition) is 4. The SMILES string of the molecule is CC(CCC1CC1)Nc1nc(N)c2ccccc2n1. The van der Waals surface area contributed by atoms with E-state index in [1.807, 2.05) is 24.3 Å². The Morgan fingerprint density at radius 1 is 1.32 bits per heavy atom. The van der Waals surface area contributed by atoms with E-state index in [1.54, 1.807) is 0 Å². The van der Waals surface area contributed by atoms with Crippen LogP contribution in [-0.4, -0.2) is 16.0 Å². The molecule has 1 unspecified atom stereocenters. The third-order valence-electron chi connectivity index (χ3n) is 3.71. The molecule has 3 N–H and O–H groups in total. The summed E-state index contributed by atoms with van der Waals surface area (Å²) in [4.78, 5) is 8.86. The fraction of sp³-hybridized carbons (Fsp3) is 0.467. The zero-order valence-electron chi connectivity index (χ0n) is 11.3. The van der Waals surface area contributed by atoms with Crippen molar-refractivity contribution in [1.29, 1.82) is 0 Å². The number of anilines is 2. The van der Waals surface area contributed by atoms with Gasteiger partial charge < -0.3 is 11.1 Å². The molecule has 1 atom stereocenters. The standard InChI is InChI=1S/C15H20N4/c1-10(6-7-11-8-9-11)17-15-18-13-5-3-2-4-12(13)14(16)19-15/h2-5,10-11H,6-9H2,1H3,(H3,16,17,18,19). The zero-order valence-corrected chi connectivity index (χ0v) is 11.3. The normalized spacial score (nSPS) is 16.5. The van der Waals surface area contributed by atoms with Crippen LogP contribution in [0, 0.1) is 5.92 Å². The zero-order chi connectivity index (χ0) is 13.2. The second kappa shape index (κ2) is 5.03. The number of fused-ring (bicyclic) bond motifs is 1. The minimum Gasteiger partial charge on any atom is -0.383 e. The molecule has 100 valence electrons. The highest BCUT2D eigenvalue weighted by atomic mass is 15.1. The van der Waals surface area contributed by atoms with Gasteiger partial charge >= 0.3 is 0 Å². The summed E-state index contributed by atoms with van der Waals surface area (Å²) in [7, 11) is 0. The van der Waals surface area contributed by atoms with Crippen LogP contribution in [0.1, 0.15) is 32.6 Å². The van der Waals surface area contributed by atoms with Crippen LogP contribution < -0.4 is 11.1 Å². The van der Waals surface area contributed by atoms with Gasteiger partial charge in [-0.05, 0) is 37.8 Å². The number of nitrogens with one attached hydrogen (secondary N) is 1. The first kappa shape index (κ1) is 12.2. The molecule has 1 aliphatic carbocycles. The number of para-hydroxylation sites is 1. The third-order valence-corrected chi connectivity index (χ3v) is 3.71. The fourth-order valence-electron chi connectivity index (χ4n) is 2.35. The highest BCUT2D eigenvalue weighted by Gasteiger charge is 2.21. The van der Waals surface area contributed by atoms with Crippen LogP contribution in [0.5, 0.6) is 0 Å². The predicted molar refractivity (Wildman–Crippen MR) is 79.0 cm³/mol. The molecule has 2 aromatic rings. The molecule has 0 bridgehead atoms. The molecule has 4 nitrogen and oxygen atoms in total. The van der Waals surface area contributed by atoms with E-state index in [4.69, 9.17) is 5.73 Å². The van der Waals surface area contributed by atoms with Crippen LogP contribution in [0.25, 0.3) is 10.9 Å². The van der Waals surface area contributed by atoms with E-state index >= 15 is 0 Å². The van der Waals surface area contributed by atoms with Gasteiger partial charge in [0, 0.05) is 11.4 Å². The lowest BCUT2D eigenvalue weighted by Gasteiger charge is -2.14. The second-order valence-electron chi connectivity index (χ2n) is 5.52. The summed E-state index contributed by atoms with van der Waals surface area (Å²) >= 11 is 0. The molecule has 1 fully saturated rings. The minimum absolute atomic E-state index is 0.390. The smallest absolute Gasteiger partial charge is 0.225 e. The van der Waals surface area contributed by atoms with Crippen molar-refractivity contribution in [1.82, 2.24) is 9.97 Å². The Hall–Kier alpha value is -1.84. The van der Waals surface area contributed by atoms with Crippen molar-refractivity contribution in [3.05, 3.63) is 24.3 Å². The molecule has 3 rings (SSSR count). The minimum atomic E-state index is 0.390. The lowest BCUT2D eigenvalue weighted by molar-refractivity contribution is 0.607. The number of nitrogens with two attached hydrogens (primary N) is 1. The van der Waals surface area contributed by atoms with Gasteiger partial charge in [0.2, 0.25) is 5.95 Å². The first-order chi connectivity index (χ1) is 9.22. The topological polar surface area (TPSA) is 63.8 Å². The number of benzene rings is 1. The summed E-state index contributed by atoms with van der Waals surface area (Å²) in [6.07, 6.45) is 5.29. The molecule has 0 saturated heterocycles. The van der Waals surface area contributed by atoms with Gasteiger partial charge in [0.05, 0.1) is 5.52 Å². The molecule has 1 aromatic heterocycles. The summed E-state index contributed by atoms with van der Waals surface area (Å²) in [6.45, 7) is 2.18. The molecule has 0 radical (unpaired) electrons. The third kappa shape index (κ3) is 2.95. The van der Waals surface area contributed by atoms with Gasteiger partial charge in [-0.1, -0.05) is 25.0 Å². The van der Waals surface area contributed by atoms with Gasteiger partial charge in [0.25, 0.3) is 0 Å². The molecule has 1 aromatic carbocycles. The Balaban J connectivity index is 1.72. The van der Waals surface area contributed by atoms with E-state index in [0.29, 0.717) is 17.8 Å². The Kier molecular flexibility index (Phi) is 3.23. The summed E-state index contributed by atoms with van der Waals surface area (Å²) in [5.74, 6) is 2.15. The molecule has 0 spiro atoms. The van der Waals surface area contributed by atoms with Crippen molar-refractivity contribution in [2.45, 2.75) is 38.6 Å². The van der Waals surface area contributed by atoms with Crippen molar-refractivity contribution < 1.29 is 0 Å². The summed E-state index contributed by atoms with van der Waals surface area (Å²) < 4.78 is 0. The van der Waals surface area contributed by atoms with Crippen LogP contribution in [0.2, 0.25) is 0 Å². The van der Waals surface area contributed by atoms with Gasteiger partial charge in [0.15, 0.2) is 0 Å².